The summed E-state index contributed by atoms with van der Waals surface area (Å²) in [5.74, 6) is 0. The molecular weight excluding hydrogens is 144 g/mol. The van der Waals surface area contributed by atoms with E-state index < -0.39 is 0 Å². The molecule has 0 unspecified atom stereocenters. The quantitative estimate of drug-likeness (QED) is 0.578. The molecule has 0 spiro atoms. The molecule has 0 atom stereocenters. The average molecular weight is 162 g/mol. The Morgan fingerprint density at radius 2 is 1.75 bits per heavy atom. The zero-order chi connectivity index (χ0) is 9.19. The molecule has 1 rings (SSSR count). The van der Waals surface area contributed by atoms with Gasteiger partial charge in [0.05, 0.1) is 0 Å². The summed E-state index contributed by atoms with van der Waals surface area (Å²) in [4.78, 5) is 0. The van der Waals surface area contributed by atoms with Gasteiger partial charge in [0.25, 0.3) is 0 Å². The minimum atomic E-state index is 0.454. The van der Waals surface area contributed by atoms with Gasteiger partial charge in [-0.2, -0.15) is 0 Å². The zero-order valence-corrected chi connectivity index (χ0v) is 8.19. The van der Waals surface area contributed by atoms with Crippen molar-refractivity contribution in [2.45, 2.75) is 33.1 Å². The van der Waals surface area contributed by atoms with Crippen LogP contribution in [0, 0.1) is 5.41 Å². The van der Waals surface area contributed by atoms with Crippen molar-refractivity contribution >= 4 is 0 Å². The van der Waals surface area contributed by atoms with Crippen LogP contribution in [0.25, 0.3) is 0 Å². The summed E-state index contributed by atoms with van der Waals surface area (Å²) in [5.41, 5.74) is 3.24. The van der Waals surface area contributed by atoms with Crippen molar-refractivity contribution in [3.8, 4) is 0 Å². The first kappa shape index (κ1) is 9.31. The lowest BCUT2D eigenvalue weighted by atomic mass is 9.74. The minimum absolute atomic E-state index is 0.454. The van der Waals surface area contributed by atoms with Gasteiger partial charge in [-0.15, -0.1) is 0 Å². The van der Waals surface area contributed by atoms with Gasteiger partial charge >= 0.3 is 0 Å². The second kappa shape index (κ2) is 3.30. The number of hydrogen-bond donors (Lipinski definition) is 0. The standard InChI is InChI=1S/C12H18/c1-5-10-7-8-12(3,4)9-11(10)6-2/h5-6H,1-2,7-9H2,3-4H3. The van der Waals surface area contributed by atoms with Crippen molar-refractivity contribution in [2.75, 3.05) is 0 Å². The largest absolute Gasteiger partial charge is 0.0988 e. The third kappa shape index (κ3) is 1.88. The number of hydrogen-bond acceptors (Lipinski definition) is 0. The molecule has 0 heteroatoms. The van der Waals surface area contributed by atoms with Gasteiger partial charge < -0.3 is 0 Å². The molecule has 1 aliphatic carbocycles. The fourth-order valence-electron chi connectivity index (χ4n) is 1.79. The van der Waals surface area contributed by atoms with E-state index in [0.717, 1.165) is 12.8 Å². The van der Waals surface area contributed by atoms with Crippen molar-refractivity contribution in [2.24, 2.45) is 5.41 Å². The van der Waals surface area contributed by atoms with Gasteiger partial charge in [-0.05, 0) is 35.8 Å². The lowest BCUT2D eigenvalue weighted by Gasteiger charge is -2.31. The van der Waals surface area contributed by atoms with Crippen LogP contribution in [0.3, 0.4) is 0 Å². The topological polar surface area (TPSA) is 0 Å². The molecule has 0 aromatic carbocycles. The molecule has 0 N–H and O–H groups in total. The molecule has 0 saturated heterocycles. The van der Waals surface area contributed by atoms with Crippen LogP contribution in [0.1, 0.15) is 33.1 Å². The van der Waals surface area contributed by atoms with Crippen LogP contribution in [0.15, 0.2) is 36.5 Å². The minimum Gasteiger partial charge on any atom is -0.0988 e. The van der Waals surface area contributed by atoms with Gasteiger partial charge in [0.2, 0.25) is 0 Å². The van der Waals surface area contributed by atoms with E-state index in [1.807, 2.05) is 12.2 Å². The maximum Gasteiger partial charge on any atom is -0.0225 e. The summed E-state index contributed by atoms with van der Waals surface area (Å²) in [7, 11) is 0. The molecule has 0 nitrogen and oxygen atoms in total. The molecule has 0 fully saturated rings. The molecule has 66 valence electrons. The number of rotatable bonds is 2. The van der Waals surface area contributed by atoms with Gasteiger partial charge in [-0.1, -0.05) is 39.2 Å². The second-order valence-corrected chi connectivity index (χ2v) is 4.30. The van der Waals surface area contributed by atoms with Crippen molar-refractivity contribution < 1.29 is 0 Å². The van der Waals surface area contributed by atoms with Crippen LogP contribution in [-0.4, -0.2) is 0 Å². The van der Waals surface area contributed by atoms with Crippen molar-refractivity contribution in [3.05, 3.63) is 36.5 Å². The van der Waals surface area contributed by atoms with E-state index in [1.165, 1.54) is 17.6 Å². The highest BCUT2D eigenvalue weighted by Gasteiger charge is 2.24. The molecule has 0 aliphatic heterocycles. The summed E-state index contributed by atoms with van der Waals surface area (Å²) in [5, 5.41) is 0. The Bertz CT molecular complexity index is 228. The van der Waals surface area contributed by atoms with Crippen LogP contribution in [-0.2, 0) is 0 Å². The zero-order valence-electron chi connectivity index (χ0n) is 8.19. The normalized spacial score (nSPS) is 22.2. The van der Waals surface area contributed by atoms with Crippen molar-refractivity contribution in [3.63, 3.8) is 0 Å². The molecular formula is C12H18. The first-order valence-corrected chi connectivity index (χ1v) is 4.56. The Morgan fingerprint density at radius 1 is 1.17 bits per heavy atom. The molecule has 0 aromatic rings. The second-order valence-electron chi connectivity index (χ2n) is 4.30. The van der Waals surface area contributed by atoms with Gasteiger partial charge in [0.15, 0.2) is 0 Å². The van der Waals surface area contributed by atoms with Crippen molar-refractivity contribution in [1.82, 2.24) is 0 Å². The van der Waals surface area contributed by atoms with E-state index in [9.17, 15) is 0 Å². The van der Waals surface area contributed by atoms with E-state index in [2.05, 4.69) is 27.0 Å². The van der Waals surface area contributed by atoms with Gasteiger partial charge in [0.1, 0.15) is 0 Å². The summed E-state index contributed by atoms with van der Waals surface area (Å²) >= 11 is 0. The van der Waals surface area contributed by atoms with Gasteiger partial charge in [0, 0.05) is 0 Å². The van der Waals surface area contributed by atoms with E-state index in [0.29, 0.717) is 5.41 Å². The highest BCUT2D eigenvalue weighted by atomic mass is 14.3. The molecule has 0 bridgehead atoms. The molecule has 1 aliphatic rings. The summed E-state index contributed by atoms with van der Waals surface area (Å²) in [6.07, 6.45) is 7.55. The predicted octanol–water partition coefficient (Wildman–Crippen LogP) is 3.87. The van der Waals surface area contributed by atoms with Crippen LogP contribution < -0.4 is 0 Å². The van der Waals surface area contributed by atoms with Crippen LogP contribution >= 0.6 is 0 Å². The first-order valence-electron chi connectivity index (χ1n) is 4.56. The van der Waals surface area contributed by atoms with Crippen LogP contribution in [0.2, 0.25) is 0 Å². The number of allylic oxidation sites excluding steroid dienone is 4. The molecule has 0 aromatic heterocycles. The monoisotopic (exact) mass is 162 g/mol. The van der Waals surface area contributed by atoms with Crippen LogP contribution in [0.5, 0.6) is 0 Å². The lowest BCUT2D eigenvalue weighted by molar-refractivity contribution is 0.319. The first-order chi connectivity index (χ1) is 5.59. The Morgan fingerprint density at radius 3 is 2.25 bits per heavy atom. The molecule has 0 heterocycles. The summed E-state index contributed by atoms with van der Waals surface area (Å²) in [6, 6.07) is 0. The Labute approximate surface area is 75.7 Å². The van der Waals surface area contributed by atoms with E-state index in [1.54, 1.807) is 0 Å². The van der Waals surface area contributed by atoms with Crippen LogP contribution in [0.4, 0.5) is 0 Å². The average Bonchev–Trinajstić information content (AvgIpc) is 2.03. The maximum atomic E-state index is 3.84. The maximum absolute atomic E-state index is 3.84. The molecule has 0 amide bonds. The Kier molecular flexibility index (Phi) is 2.56. The third-order valence-electron chi connectivity index (χ3n) is 2.65. The Balaban J connectivity index is 2.91. The van der Waals surface area contributed by atoms with E-state index >= 15 is 0 Å². The molecule has 12 heavy (non-hydrogen) atoms. The van der Waals surface area contributed by atoms with E-state index in [-0.39, 0.29) is 0 Å². The van der Waals surface area contributed by atoms with Gasteiger partial charge in [-0.25, -0.2) is 0 Å². The SMILES string of the molecule is C=CC1=C(C=C)CC(C)(C)CC1. The van der Waals surface area contributed by atoms with E-state index in [4.69, 9.17) is 0 Å². The summed E-state index contributed by atoms with van der Waals surface area (Å²) in [6.45, 7) is 12.3. The smallest absolute Gasteiger partial charge is 0.0225 e. The molecule has 0 radical (unpaired) electrons. The highest BCUT2D eigenvalue weighted by molar-refractivity contribution is 5.34. The lowest BCUT2D eigenvalue weighted by Crippen LogP contribution is -2.17. The summed E-state index contributed by atoms with van der Waals surface area (Å²) < 4.78 is 0. The highest BCUT2D eigenvalue weighted by Crippen LogP contribution is 2.39. The molecule has 0 saturated carbocycles. The predicted molar refractivity (Wildman–Crippen MR) is 55.1 cm³/mol. The third-order valence-corrected chi connectivity index (χ3v) is 2.65. The van der Waals surface area contributed by atoms with Gasteiger partial charge in [-0.3, -0.25) is 0 Å². The Hall–Kier alpha value is -0.780. The fraction of sp³-hybridized carbons (Fsp3) is 0.500. The fourth-order valence-corrected chi connectivity index (χ4v) is 1.79. The van der Waals surface area contributed by atoms with Crippen molar-refractivity contribution in [1.29, 1.82) is 0 Å².